The summed E-state index contributed by atoms with van der Waals surface area (Å²) in [6, 6.07) is 13.1. The van der Waals surface area contributed by atoms with Gasteiger partial charge in [-0.25, -0.2) is 4.79 Å². The Kier molecular flexibility index (Phi) is 10.1. The van der Waals surface area contributed by atoms with Gasteiger partial charge in [0, 0.05) is 37.8 Å². The van der Waals surface area contributed by atoms with Crippen molar-refractivity contribution in [2.45, 2.75) is 23.8 Å². The Hall–Kier alpha value is -2.72. The van der Waals surface area contributed by atoms with E-state index >= 15 is 0 Å². The lowest BCUT2D eigenvalue weighted by Gasteiger charge is -2.12. The highest BCUT2D eigenvalue weighted by Crippen LogP contribution is 2.28. The third-order valence-corrected chi connectivity index (χ3v) is 6.86. The van der Waals surface area contributed by atoms with E-state index in [0.717, 1.165) is 20.4 Å². The fourth-order valence-corrected chi connectivity index (χ4v) is 4.84. The average molecular weight is 503 g/mol. The molecule has 1 N–H and O–H groups in total. The van der Waals surface area contributed by atoms with Gasteiger partial charge in [-0.1, -0.05) is 18.7 Å². The minimum absolute atomic E-state index is 0.0183. The first kappa shape index (κ1) is 25.9. The molecule has 0 radical (unpaired) electrons. The zero-order valence-electron chi connectivity index (χ0n) is 18.6. The summed E-state index contributed by atoms with van der Waals surface area (Å²) in [5.74, 6) is -0.855. The third-order valence-electron chi connectivity index (χ3n) is 4.74. The zero-order chi connectivity index (χ0) is 24.3. The zero-order valence-corrected chi connectivity index (χ0v) is 20.2. The Balaban J connectivity index is 1.37. The summed E-state index contributed by atoms with van der Waals surface area (Å²) in [7, 11) is 0. The van der Waals surface area contributed by atoms with Crippen molar-refractivity contribution >= 4 is 55.2 Å². The molecule has 0 amide bonds. The summed E-state index contributed by atoms with van der Waals surface area (Å²) < 4.78 is 17.1. The van der Waals surface area contributed by atoms with Crippen molar-refractivity contribution in [2.75, 3.05) is 32.2 Å². The van der Waals surface area contributed by atoms with Gasteiger partial charge in [-0.15, -0.1) is 23.1 Å². The molecule has 1 heterocycles. The number of carbonyl (C=O) groups excluding carboxylic acids is 2. The van der Waals surface area contributed by atoms with E-state index in [1.807, 2.05) is 36.4 Å². The lowest BCUT2D eigenvalue weighted by atomic mass is 10.2. The second kappa shape index (κ2) is 13.2. The predicted octanol–water partition coefficient (Wildman–Crippen LogP) is 3.94. The average Bonchev–Trinajstić information content (AvgIpc) is 2.85. The van der Waals surface area contributed by atoms with Gasteiger partial charge in [-0.05, 0) is 43.2 Å². The van der Waals surface area contributed by atoms with Gasteiger partial charge in [0.1, 0.15) is 12.7 Å². The first-order chi connectivity index (χ1) is 16.5. The number of rotatable bonds is 13. The Morgan fingerprint density at radius 2 is 1.79 bits per heavy atom. The van der Waals surface area contributed by atoms with Gasteiger partial charge >= 0.3 is 11.9 Å². The van der Waals surface area contributed by atoms with Crippen LogP contribution in [0, 0.1) is 0 Å². The van der Waals surface area contributed by atoms with E-state index < -0.39 is 18.0 Å². The molecule has 180 valence electrons. The van der Waals surface area contributed by atoms with Crippen molar-refractivity contribution in [1.82, 2.24) is 0 Å². The molecule has 0 aliphatic heterocycles. The standard InChI is InChI=1S/C25H26O7S2/c1-2-23(27)31-12-6-5-11-30-14-17(26)15-32-24(28)16-33-18-9-10-22-20(13-18)25(29)19-7-3-4-8-21(19)34-22/h2-4,7-10,13,17,26H,1,5-6,11-12,14-16H2. The Labute approximate surface area is 205 Å². The quantitative estimate of drug-likeness (QED) is 0.123. The first-order valence-electron chi connectivity index (χ1n) is 10.8. The molecular formula is C25H26O7S2. The van der Waals surface area contributed by atoms with Crippen LogP contribution in [0.15, 0.2) is 64.8 Å². The molecule has 0 fully saturated rings. The fraction of sp³-hybridized carbons (Fsp3) is 0.320. The third kappa shape index (κ3) is 7.66. The maximum atomic E-state index is 12.8. The summed E-state index contributed by atoms with van der Waals surface area (Å²) in [6.45, 7) is 3.88. The summed E-state index contributed by atoms with van der Waals surface area (Å²) in [5.41, 5.74) is -0.0183. The maximum absolute atomic E-state index is 12.8. The molecule has 0 spiro atoms. The molecule has 9 heteroatoms. The van der Waals surface area contributed by atoms with Gasteiger partial charge in [-0.3, -0.25) is 9.59 Å². The lowest BCUT2D eigenvalue weighted by Crippen LogP contribution is -2.24. The molecule has 1 unspecified atom stereocenters. The highest BCUT2D eigenvalue weighted by molar-refractivity contribution is 8.00. The SMILES string of the molecule is C=CC(=O)OCCCCOCC(O)COC(=O)CSc1ccc2sc3ccccc3c(=O)c2c1. The van der Waals surface area contributed by atoms with Crippen LogP contribution in [0.4, 0.5) is 0 Å². The number of carbonyl (C=O) groups is 2. The van der Waals surface area contributed by atoms with E-state index in [2.05, 4.69) is 6.58 Å². The highest BCUT2D eigenvalue weighted by Gasteiger charge is 2.11. The van der Waals surface area contributed by atoms with Crippen LogP contribution in [-0.4, -0.2) is 55.3 Å². The van der Waals surface area contributed by atoms with Crippen LogP contribution in [0.3, 0.4) is 0 Å². The fourth-order valence-electron chi connectivity index (χ4n) is 3.05. The van der Waals surface area contributed by atoms with E-state index in [0.29, 0.717) is 30.2 Å². The maximum Gasteiger partial charge on any atom is 0.330 e. The molecular weight excluding hydrogens is 476 g/mol. The van der Waals surface area contributed by atoms with Crippen LogP contribution >= 0.6 is 23.1 Å². The number of benzene rings is 2. The van der Waals surface area contributed by atoms with E-state index in [-0.39, 0.29) is 31.0 Å². The molecule has 3 aromatic rings. The number of hydrogen-bond acceptors (Lipinski definition) is 9. The molecule has 1 atom stereocenters. The number of aliphatic hydroxyl groups excluding tert-OH is 1. The van der Waals surface area contributed by atoms with E-state index in [1.54, 1.807) is 17.4 Å². The van der Waals surface area contributed by atoms with Crippen LogP contribution < -0.4 is 5.43 Å². The summed E-state index contributed by atoms with van der Waals surface area (Å²) >= 11 is 2.84. The van der Waals surface area contributed by atoms with Gasteiger partial charge in [0.25, 0.3) is 0 Å². The lowest BCUT2D eigenvalue weighted by molar-refractivity contribution is -0.144. The molecule has 0 saturated heterocycles. The Morgan fingerprint density at radius 3 is 2.62 bits per heavy atom. The predicted molar refractivity (Wildman–Crippen MR) is 134 cm³/mol. The molecule has 0 aliphatic carbocycles. The van der Waals surface area contributed by atoms with Crippen molar-refractivity contribution in [2.24, 2.45) is 0 Å². The molecule has 0 saturated carbocycles. The van der Waals surface area contributed by atoms with Gasteiger partial charge in [-0.2, -0.15) is 0 Å². The number of thioether (sulfide) groups is 1. The van der Waals surface area contributed by atoms with Gasteiger partial charge < -0.3 is 19.3 Å². The number of ether oxygens (including phenoxy) is 3. The van der Waals surface area contributed by atoms with Gasteiger partial charge in [0.15, 0.2) is 5.43 Å². The van der Waals surface area contributed by atoms with Crippen LogP contribution in [0.5, 0.6) is 0 Å². The Morgan fingerprint density at radius 1 is 1.03 bits per heavy atom. The first-order valence-corrected chi connectivity index (χ1v) is 12.6. The Bertz CT molecular complexity index is 1200. The molecule has 34 heavy (non-hydrogen) atoms. The number of esters is 2. The number of fused-ring (bicyclic) bond motifs is 2. The van der Waals surface area contributed by atoms with Crippen molar-refractivity contribution in [1.29, 1.82) is 0 Å². The van der Waals surface area contributed by atoms with E-state index in [1.165, 1.54) is 11.8 Å². The molecule has 0 bridgehead atoms. The topological polar surface area (TPSA) is 99.1 Å². The monoisotopic (exact) mass is 502 g/mol. The number of aliphatic hydroxyl groups is 1. The van der Waals surface area contributed by atoms with Crippen LogP contribution in [-0.2, 0) is 23.8 Å². The second-order valence-electron chi connectivity index (χ2n) is 7.36. The minimum atomic E-state index is -0.925. The molecule has 2 aromatic carbocycles. The number of unbranched alkanes of at least 4 members (excludes halogenated alkanes) is 1. The largest absolute Gasteiger partial charge is 0.463 e. The summed E-state index contributed by atoms with van der Waals surface area (Å²) in [5, 5.41) is 11.2. The highest BCUT2D eigenvalue weighted by atomic mass is 32.2. The number of hydrogen-bond donors (Lipinski definition) is 1. The molecule has 3 rings (SSSR count). The molecule has 7 nitrogen and oxygen atoms in total. The van der Waals surface area contributed by atoms with E-state index in [4.69, 9.17) is 14.2 Å². The van der Waals surface area contributed by atoms with Gasteiger partial charge in [0.2, 0.25) is 0 Å². The normalized spacial score (nSPS) is 11.9. The van der Waals surface area contributed by atoms with E-state index in [9.17, 15) is 19.5 Å². The second-order valence-corrected chi connectivity index (χ2v) is 9.50. The van der Waals surface area contributed by atoms with Crippen molar-refractivity contribution in [3.8, 4) is 0 Å². The molecule has 1 aromatic heterocycles. The molecule has 0 aliphatic rings. The minimum Gasteiger partial charge on any atom is -0.463 e. The van der Waals surface area contributed by atoms with Crippen LogP contribution in [0.25, 0.3) is 20.2 Å². The van der Waals surface area contributed by atoms with Crippen LogP contribution in [0.1, 0.15) is 12.8 Å². The van der Waals surface area contributed by atoms with Crippen LogP contribution in [0.2, 0.25) is 0 Å². The van der Waals surface area contributed by atoms with Crippen molar-refractivity contribution < 1.29 is 28.9 Å². The van der Waals surface area contributed by atoms with Crippen molar-refractivity contribution in [3.05, 3.63) is 65.3 Å². The van der Waals surface area contributed by atoms with Gasteiger partial charge in [0.05, 0.1) is 19.0 Å². The summed E-state index contributed by atoms with van der Waals surface area (Å²) in [6.07, 6.45) is 1.49. The van der Waals surface area contributed by atoms with Crippen molar-refractivity contribution in [3.63, 3.8) is 0 Å². The smallest absolute Gasteiger partial charge is 0.330 e. The summed E-state index contributed by atoms with van der Waals surface area (Å²) in [4.78, 5) is 36.5.